The van der Waals surface area contributed by atoms with Gasteiger partial charge in [0.1, 0.15) is 23.2 Å². The first-order valence-electron chi connectivity index (χ1n) is 10.2. The predicted octanol–water partition coefficient (Wildman–Crippen LogP) is 6.64. The van der Waals surface area contributed by atoms with Gasteiger partial charge in [-0.25, -0.2) is 0 Å². The summed E-state index contributed by atoms with van der Waals surface area (Å²) in [6, 6.07) is 13.2. The first kappa shape index (κ1) is 20.2. The van der Waals surface area contributed by atoms with Gasteiger partial charge >= 0.3 is 0 Å². The van der Waals surface area contributed by atoms with Crippen molar-refractivity contribution in [1.29, 1.82) is 0 Å². The van der Waals surface area contributed by atoms with Crippen LogP contribution in [0.1, 0.15) is 55.4 Å². The summed E-state index contributed by atoms with van der Waals surface area (Å²) in [4.78, 5) is 0. The Kier molecular flexibility index (Phi) is 4.84. The van der Waals surface area contributed by atoms with Crippen LogP contribution in [0.2, 0.25) is 0 Å². The second-order valence-corrected chi connectivity index (χ2v) is 16.3. The van der Waals surface area contributed by atoms with E-state index in [1.165, 1.54) is 21.7 Å². The van der Waals surface area contributed by atoms with Gasteiger partial charge in [-0.3, -0.25) is 0 Å². The van der Waals surface area contributed by atoms with Crippen LogP contribution in [0.25, 0.3) is 11.1 Å². The Hall–Kier alpha value is -1.10. The highest BCUT2D eigenvalue weighted by atomic mass is 31.1. The highest BCUT2D eigenvalue weighted by molar-refractivity contribution is 7.69. The zero-order valence-corrected chi connectivity index (χ0v) is 20.1. The average Bonchev–Trinajstić information content (AvgIpc) is 3.08. The molecule has 2 aromatic rings. The molecule has 2 aliphatic rings. The quantitative estimate of drug-likeness (QED) is 0.487. The van der Waals surface area contributed by atoms with Gasteiger partial charge in [-0.1, -0.05) is 65.8 Å². The van der Waals surface area contributed by atoms with Gasteiger partial charge in [0, 0.05) is 10.6 Å². The fraction of sp³-hybridized carbons (Fsp3) is 0.500. The molecule has 0 saturated heterocycles. The lowest BCUT2D eigenvalue weighted by Gasteiger charge is -2.33. The maximum Gasteiger partial charge on any atom is 0.128 e. The number of ether oxygens (including phenoxy) is 2. The van der Waals surface area contributed by atoms with Crippen LogP contribution < -0.4 is 20.1 Å². The molecule has 0 spiro atoms. The second-order valence-electron chi connectivity index (χ2n) is 9.82. The summed E-state index contributed by atoms with van der Waals surface area (Å²) in [5.41, 5.74) is 2.71. The molecule has 4 heteroatoms. The molecule has 4 atom stereocenters. The number of benzene rings is 2. The SMILES string of the molecule is C[C@@H]1Oc2cccc(-c3cccc4c3P(C(C)(C)C)[C@H](C)O4)c2P1C(C)(C)C. The molecule has 2 aliphatic heterocycles. The van der Waals surface area contributed by atoms with Crippen LogP contribution in [-0.2, 0) is 0 Å². The third kappa shape index (κ3) is 3.18. The molecule has 2 aromatic carbocycles. The van der Waals surface area contributed by atoms with Crippen molar-refractivity contribution in [2.75, 3.05) is 0 Å². The van der Waals surface area contributed by atoms with Crippen molar-refractivity contribution in [1.82, 2.24) is 0 Å². The normalized spacial score (nSPS) is 26.4. The van der Waals surface area contributed by atoms with Gasteiger partial charge in [-0.05, 0) is 63.3 Å². The average molecular weight is 414 g/mol. The maximum atomic E-state index is 6.35. The van der Waals surface area contributed by atoms with Crippen LogP contribution in [0.5, 0.6) is 11.5 Å². The first-order valence-corrected chi connectivity index (χ1v) is 13.0. The lowest BCUT2D eigenvalue weighted by molar-refractivity contribution is 0.312. The molecule has 0 aromatic heterocycles. The molecular weight excluding hydrogens is 382 g/mol. The summed E-state index contributed by atoms with van der Waals surface area (Å²) in [7, 11) is -0.847. The topological polar surface area (TPSA) is 18.5 Å². The molecule has 0 N–H and O–H groups in total. The number of hydrogen-bond donors (Lipinski definition) is 0. The predicted molar refractivity (Wildman–Crippen MR) is 125 cm³/mol. The Bertz CT molecular complexity index is 832. The van der Waals surface area contributed by atoms with E-state index in [0.29, 0.717) is 0 Å². The molecule has 2 nitrogen and oxygen atoms in total. The minimum Gasteiger partial charge on any atom is -0.485 e. The van der Waals surface area contributed by atoms with Crippen LogP contribution in [0.4, 0.5) is 0 Å². The number of hydrogen-bond acceptors (Lipinski definition) is 2. The van der Waals surface area contributed by atoms with Gasteiger partial charge in [0.15, 0.2) is 0 Å². The van der Waals surface area contributed by atoms with Crippen LogP contribution in [0, 0.1) is 0 Å². The smallest absolute Gasteiger partial charge is 0.128 e. The van der Waals surface area contributed by atoms with Crippen LogP contribution in [-0.4, -0.2) is 22.0 Å². The van der Waals surface area contributed by atoms with Gasteiger partial charge in [0.2, 0.25) is 0 Å². The molecule has 0 bridgehead atoms. The number of fused-ring (bicyclic) bond motifs is 2. The van der Waals surface area contributed by atoms with Crippen molar-refractivity contribution >= 4 is 26.5 Å². The van der Waals surface area contributed by atoms with E-state index in [4.69, 9.17) is 9.47 Å². The first-order chi connectivity index (χ1) is 13.0. The fourth-order valence-corrected chi connectivity index (χ4v) is 11.1. The molecule has 150 valence electrons. The Morgan fingerprint density at radius 2 is 1.00 bits per heavy atom. The van der Waals surface area contributed by atoms with E-state index in [0.717, 1.165) is 11.5 Å². The van der Waals surface area contributed by atoms with E-state index in [1.54, 1.807) is 0 Å². The highest BCUT2D eigenvalue weighted by Gasteiger charge is 2.44. The Morgan fingerprint density at radius 3 is 1.32 bits per heavy atom. The van der Waals surface area contributed by atoms with Gasteiger partial charge in [0.05, 0.1) is 0 Å². The highest BCUT2D eigenvalue weighted by Crippen LogP contribution is 2.62. The van der Waals surface area contributed by atoms with Gasteiger partial charge in [-0.15, -0.1) is 0 Å². The van der Waals surface area contributed by atoms with Crippen molar-refractivity contribution in [2.45, 2.75) is 77.4 Å². The molecule has 4 rings (SSSR count). The monoisotopic (exact) mass is 414 g/mol. The fourth-order valence-electron chi connectivity index (χ4n) is 4.76. The van der Waals surface area contributed by atoms with E-state index in [-0.39, 0.29) is 22.0 Å². The Morgan fingerprint density at radius 1 is 0.643 bits per heavy atom. The molecular formula is C24H32O2P2. The van der Waals surface area contributed by atoms with Gasteiger partial charge in [0.25, 0.3) is 0 Å². The summed E-state index contributed by atoms with van der Waals surface area (Å²) in [5, 5.41) is 3.28. The molecule has 0 fully saturated rings. The summed E-state index contributed by atoms with van der Waals surface area (Å²) in [5.74, 6) is 2.66. The number of rotatable bonds is 1. The lowest BCUT2D eigenvalue weighted by Crippen LogP contribution is -2.25. The van der Waals surface area contributed by atoms with Crippen LogP contribution >= 0.6 is 15.8 Å². The third-order valence-electron chi connectivity index (χ3n) is 5.54. The van der Waals surface area contributed by atoms with E-state index in [2.05, 4.69) is 91.8 Å². The molecule has 28 heavy (non-hydrogen) atoms. The minimum atomic E-state index is -0.424. The van der Waals surface area contributed by atoms with Crippen molar-refractivity contribution in [3.05, 3.63) is 36.4 Å². The summed E-state index contributed by atoms with van der Waals surface area (Å²) < 4.78 is 12.7. The third-order valence-corrected chi connectivity index (χ3v) is 12.0. The molecule has 2 unspecified atom stereocenters. The van der Waals surface area contributed by atoms with Crippen molar-refractivity contribution < 1.29 is 9.47 Å². The zero-order chi connectivity index (χ0) is 20.4. The van der Waals surface area contributed by atoms with Crippen molar-refractivity contribution in [2.24, 2.45) is 0 Å². The van der Waals surface area contributed by atoms with E-state index in [9.17, 15) is 0 Å². The molecule has 2 heterocycles. The second kappa shape index (κ2) is 6.72. The van der Waals surface area contributed by atoms with Gasteiger partial charge < -0.3 is 9.47 Å². The van der Waals surface area contributed by atoms with E-state index in [1.807, 2.05) is 0 Å². The van der Waals surface area contributed by atoms with E-state index < -0.39 is 15.8 Å². The van der Waals surface area contributed by atoms with E-state index >= 15 is 0 Å². The van der Waals surface area contributed by atoms with Crippen LogP contribution in [0.15, 0.2) is 36.4 Å². The lowest BCUT2D eigenvalue weighted by atomic mass is 10.0. The molecule has 0 amide bonds. The molecule has 0 saturated carbocycles. The summed E-state index contributed by atoms with van der Waals surface area (Å²) in [6.07, 6.45) is 0. The zero-order valence-electron chi connectivity index (χ0n) is 18.3. The standard InChI is InChI=1S/C24H32O2P2/c1-15-25-19-13-9-11-17(21(19)27(15)23(3,4)5)18-12-10-14-20-22(18)28(16(2)26-20)24(6,7)8/h9-16H,1-8H3/t15-,16-,27?,28?/m1/s1. The molecule has 0 aliphatic carbocycles. The van der Waals surface area contributed by atoms with Crippen LogP contribution in [0.3, 0.4) is 0 Å². The minimum absolute atomic E-state index is 0.201. The van der Waals surface area contributed by atoms with Crippen molar-refractivity contribution in [3.8, 4) is 22.6 Å². The Labute approximate surface area is 172 Å². The molecule has 0 radical (unpaired) electrons. The van der Waals surface area contributed by atoms with Gasteiger partial charge in [-0.2, -0.15) is 0 Å². The van der Waals surface area contributed by atoms with Crippen molar-refractivity contribution in [3.63, 3.8) is 0 Å². The maximum absolute atomic E-state index is 6.35. The largest absolute Gasteiger partial charge is 0.485 e. The summed E-state index contributed by atoms with van der Waals surface area (Å²) in [6.45, 7) is 18.6. The Balaban J connectivity index is 1.96. The summed E-state index contributed by atoms with van der Waals surface area (Å²) >= 11 is 0.